The minimum Gasteiger partial charge on any atom is -0.356 e. The van der Waals surface area contributed by atoms with Gasteiger partial charge in [-0.2, -0.15) is 0 Å². The van der Waals surface area contributed by atoms with Gasteiger partial charge in [0.2, 0.25) is 11.8 Å². The van der Waals surface area contributed by atoms with Crippen LogP contribution in [0.5, 0.6) is 0 Å². The Morgan fingerprint density at radius 3 is 2.68 bits per heavy atom. The van der Waals surface area contributed by atoms with Gasteiger partial charge in [0.25, 0.3) is 5.56 Å². The molecule has 0 aliphatic carbocycles. The van der Waals surface area contributed by atoms with Gasteiger partial charge in [-0.25, -0.2) is 9.37 Å². The van der Waals surface area contributed by atoms with Gasteiger partial charge in [-0.05, 0) is 36.8 Å². The van der Waals surface area contributed by atoms with Crippen LogP contribution in [0.25, 0.3) is 11.0 Å². The van der Waals surface area contributed by atoms with Gasteiger partial charge in [0.1, 0.15) is 18.1 Å². The van der Waals surface area contributed by atoms with E-state index in [2.05, 4.69) is 31.5 Å². The number of hydrogen-bond acceptors (Lipinski definition) is 4. The molecule has 3 aromatic rings. The molecule has 0 aliphatic heterocycles. The Kier molecular flexibility index (Phi) is 7.51. The molecule has 0 radical (unpaired) electrons. The van der Waals surface area contributed by atoms with Crippen LogP contribution >= 0.6 is 15.9 Å². The summed E-state index contributed by atoms with van der Waals surface area (Å²) in [6.45, 7) is 2.21. The monoisotopic (exact) mass is 488 g/mol. The second-order valence-corrected chi connectivity index (χ2v) is 7.88. The van der Waals surface area contributed by atoms with Gasteiger partial charge >= 0.3 is 0 Å². The van der Waals surface area contributed by atoms with Crippen LogP contribution in [0.4, 0.5) is 10.1 Å². The first kappa shape index (κ1) is 22.6. The molecule has 2 aromatic carbocycles. The van der Waals surface area contributed by atoms with Crippen molar-refractivity contribution in [2.45, 2.75) is 32.7 Å². The topological polar surface area (TPSA) is 93.1 Å². The molecule has 0 saturated carbocycles. The van der Waals surface area contributed by atoms with Gasteiger partial charge < -0.3 is 10.6 Å². The number of anilines is 1. The molecule has 2 N–H and O–H groups in total. The number of nitrogens with zero attached hydrogens (tertiary/aromatic N) is 2. The Hall–Kier alpha value is -3.07. The van der Waals surface area contributed by atoms with E-state index >= 15 is 0 Å². The van der Waals surface area contributed by atoms with Crippen LogP contribution in [0.15, 0.2) is 51.7 Å². The average Bonchev–Trinajstić information content (AvgIpc) is 2.75. The van der Waals surface area contributed by atoms with E-state index < -0.39 is 17.3 Å². The van der Waals surface area contributed by atoms with Crippen molar-refractivity contribution in [3.63, 3.8) is 0 Å². The number of halogens is 2. The Morgan fingerprint density at radius 1 is 1.16 bits per heavy atom. The van der Waals surface area contributed by atoms with E-state index in [9.17, 15) is 18.8 Å². The molecule has 0 unspecified atom stereocenters. The normalized spacial score (nSPS) is 10.8. The maximum Gasteiger partial charge on any atom is 0.273 e. The lowest BCUT2D eigenvalue weighted by atomic mass is 10.2. The smallest absolute Gasteiger partial charge is 0.273 e. The zero-order valence-electron chi connectivity index (χ0n) is 17.0. The summed E-state index contributed by atoms with van der Waals surface area (Å²) >= 11 is 3.17. The second-order valence-electron chi connectivity index (χ2n) is 6.96. The maximum atomic E-state index is 14.0. The van der Waals surface area contributed by atoms with Crippen LogP contribution in [-0.2, 0) is 22.6 Å². The van der Waals surface area contributed by atoms with Gasteiger partial charge in [0.05, 0.1) is 16.7 Å². The minimum absolute atomic E-state index is 0.0208. The van der Waals surface area contributed by atoms with Crippen molar-refractivity contribution in [3.8, 4) is 0 Å². The van der Waals surface area contributed by atoms with Gasteiger partial charge in [0.15, 0.2) is 0 Å². The number of carbonyl (C=O) groups is 2. The van der Waals surface area contributed by atoms with Crippen LogP contribution in [0.1, 0.15) is 25.5 Å². The predicted octanol–water partition coefficient (Wildman–Crippen LogP) is 3.40. The van der Waals surface area contributed by atoms with Crippen molar-refractivity contribution in [1.29, 1.82) is 0 Å². The van der Waals surface area contributed by atoms with Gasteiger partial charge in [0, 0.05) is 23.9 Å². The number of fused-ring (bicyclic) bond motifs is 1. The molecule has 0 fully saturated rings. The lowest BCUT2D eigenvalue weighted by Crippen LogP contribution is -2.32. The molecule has 3 rings (SSSR count). The largest absolute Gasteiger partial charge is 0.356 e. The molecule has 1 aromatic heterocycles. The zero-order chi connectivity index (χ0) is 22.4. The van der Waals surface area contributed by atoms with Gasteiger partial charge in [-0.3, -0.25) is 19.0 Å². The zero-order valence-corrected chi connectivity index (χ0v) is 18.5. The number of aryl methyl sites for hydroxylation is 1. The highest BCUT2D eigenvalue weighted by Crippen LogP contribution is 2.19. The van der Waals surface area contributed by atoms with Crippen molar-refractivity contribution < 1.29 is 14.0 Å². The summed E-state index contributed by atoms with van der Waals surface area (Å²) in [6.07, 6.45) is 1.10. The number of para-hydroxylation sites is 2. The first-order chi connectivity index (χ1) is 14.9. The average molecular weight is 489 g/mol. The number of carbonyl (C=O) groups excluding carboxylic acids is 2. The number of rotatable bonds is 8. The number of aromatic nitrogens is 2. The summed E-state index contributed by atoms with van der Waals surface area (Å²) in [5.41, 5.74) is 0.792. The molecular formula is C22H22BrFN4O3. The van der Waals surface area contributed by atoms with Crippen LogP contribution in [0, 0.1) is 5.82 Å². The summed E-state index contributed by atoms with van der Waals surface area (Å²) in [5.74, 6) is -1.30. The summed E-state index contributed by atoms with van der Waals surface area (Å²) < 4.78 is 15.9. The molecular weight excluding hydrogens is 467 g/mol. The van der Waals surface area contributed by atoms with Crippen LogP contribution in [-0.4, -0.2) is 27.9 Å². The molecule has 0 bridgehead atoms. The second kappa shape index (κ2) is 10.3. The Bertz CT molecular complexity index is 1180. The maximum absolute atomic E-state index is 14.0. The third kappa shape index (κ3) is 5.75. The summed E-state index contributed by atoms with van der Waals surface area (Å²) in [7, 11) is 0. The highest BCUT2D eigenvalue weighted by Gasteiger charge is 2.16. The van der Waals surface area contributed by atoms with Gasteiger partial charge in [-0.15, -0.1) is 0 Å². The van der Waals surface area contributed by atoms with E-state index in [0.717, 1.165) is 6.42 Å². The summed E-state index contributed by atoms with van der Waals surface area (Å²) in [5, 5.41) is 5.26. The fourth-order valence-corrected chi connectivity index (χ4v) is 3.41. The number of nitrogens with one attached hydrogen (secondary N) is 2. The first-order valence-corrected chi connectivity index (χ1v) is 10.7. The molecule has 1 heterocycles. The Morgan fingerprint density at radius 2 is 1.94 bits per heavy atom. The van der Waals surface area contributed by atoms with Crippen molar-refractivity contribution in [1.82, 2.24) is 14.9 Å². The lowest BCUT2D eigenvalue weighted by molar-refractivity contribution is -0.121. The molecule has 7 nitrogen and oxygen atoms in total. The quantitative estimate of drug-likeness (QED) is 0.508. The molecule has 9 heteroatoms. The SMILES string of the molecule is CCCNC(=O)CCc1nc2ccccc2n(CC(=O)Nc2ccc(Br)cc2F)c1=O. The highest BCUT2D eigenvalue weighted by atomic mass is 79.9. The lowest BCUT2D eigenvalue weighted by Gasteiger charge is -2.13. The predicted molar refractivity (Wildman–Crippen MR) is 120 cm³/mol. The summed E-state index contributed by atoms with van der Waals surface area (Å²) in [4.78, 5) is 41.9. The third-order valence-electron chi connectivity index (χ3n) is 4.59. The first-order valence-electron chi connectivity index (χ1n) is 9.89. The van der Waals surface area contributed by atoms with Crippen molar-refractivity contribution >= 4 is 44.5 Å². The van der Waals surface area contributed by atoms with E-state index in [0.29, 0.717) is 22.1 Å². The van der Waals surface area contributed by atoms with Crippen molar-refractivity contribution in [2.24, 2.45) is 0 Å². The van der Waals surface area contributed by atoms with Crippen molar-refractivity contribution in [2.75, 3.05) is 11.9 Å². The highest BCUT2D eigenvalue weighted by molar-refractivity contribution is 9.10. The van der Waals surface area contributed by atoms with Gasteiger partial charge in [-0.1, -0.05) is 35.0 Å². The Labute approximate surface area is 186 Å². The number of amides is 2. The minimum atomic E-state index is -0.589. The fraction of sp³-hybridized carbons (Fsp3) is 0.273. The number of benzene rings is 2. The van der Waals surface area contributed by atoms with E-state index in [1.165, 1.54) is 16.7 Å². The van der Waals surface area contributed by atoms with Crippen LogP contribution < -0.4 is 16.2 Å². The standard InChI is InChI=1S/C22H22BrFN4O3/c1-2-11-25-20(29)10-9-18-22(31)28(19-6-4-3-5-17(19)26-18)13-21(30)27-16-8-7-14(23)12-15(16)24/h3-8,12H,2,9-11,13H2,1H3,(H,25,29)(H,27,30). The van der Waals surface area contributed by atoms with Crippen LogP contribution in [0.2, 0.25) is 0 Å². The Balaban J connectivity index is 1.86. The molecule has 31 heavy (non-hydrogen) atoms. The molecule has 2 amide bonds. The molecule has 0 atom stereocenters. The molecule has 0 aliphatic rings. The van der Waals surface area contributed by atoms with Crippen LogP contribution in [0.3, 0.4) is 0 Å². The van der Waals surface area contributed by atoms with E-state index in [1.54, 1.807) is 30.3 Å². The molecule has 0 saturated heterocycles. The van der Waals surface area contributed by atoms with E-state index in [1.807, 2.05) is 6.92 Å². The summed E-state index contributed by atoms with van der Waals surface area (Å²) in [6, 6.07) is 11.2. The fourth-order valence-electron chi connectivity index (χ4n) is 3.07. The third-order valence-corrected chi connectivity index (χ3v) is 5.08. The van der Waals surface area contributed by atoms with Crippen molar-refractivity contribution in [3.05, 3.63) is 68.8 Å². The molecule has 0 spiro atoms. The van der Waals surface area contributed by atoms with E-state index in [-0.39, 0.29) is 36.7 Å². The van der Waals surface area contributed by atoms with E-state index in [4.69, 9.17) is 0 Å². The number of hydrogen-bond donors (Lipinski definition) is 2. The molecule has 162 valence electrons.